The highest BCUT2D eigenvalue weighted by Crippen LogP contribution is 2.25. The number of fused-ring (bicyclic) bond motifs is 2. The molecule has 5 heterocycles. The average molecular weight is 465 g/mol. The van der Waals surface area contributed by atoms with Gasteiger partial charge in [-0.15, -0.1) is 0 Å². The maximum atomic E-state index is 11.5. The molecule has 2 aliphatic heterocycles. The fourth-order valence-electron chi connectivity index (χ4n) is 4.23. The van der Waals surface area contributed by atoms with Crippen LogP contribution < -0.4 is 20.1 Å². The van der Waals surface area contributed by atoms with E-state index in [4.69, 9.17) is 14.2 Å². The second kappa shape index (κ2) is 10.3. The second-order valence-electron chi connectivity index (χ2n) is 8.35. The zero-order valence-corrected chi connectivity index (χ0v) is 19.1. The summed E-state index contributed by atoms with van der Waals surface area (Å²) in [4.78, 5) is 27.4. The van der Waals surface area contributed by atoms with Crippen molar-refractivity contribution < 1.29 is 19.0 Å². The van der Waals surface area contributed by atoms with Crippen LogP contribution in [0.3, 0.4) is 0 Å². The summed E-state index contributed by atoms with van der Waals surface area (Å²) in [6, 6.07) is 9.55. The van der Waals surface area contributed by atoms with Crippen molar-refractivity contribution in [1.82, 2.24) is 25.2 Å². The molecular formula is C24H28N6O4. The van der Waals surface area contributed by atoms with E-state index < -0.39 is 0 Å². The van der Waals surface area contributed by atoms with Crippen LogP contribution in [-0.4, -0.2) is 78.4 Å². The zero-order valence-electron chi connectivity index (χ0n) is 19.1. The number of morpholine rings is 1. The van der Waals surface area contributed by atoms with Gasteiger partial charge in [-0.05, 0) is 36.2 Å². The Hall–Kier alpha value is -3.34. The van der Waals surface area contributed by atoms with E-state index in [0.29, 0.717) is 30.6 Å². The van der Waals surface area contributed by atoms with E-state index >= 15 is 0 Å². The van der Waals surface area contributed by atoms with Gasteiger partial charge in [0.1, 0.15) is 0 Å². The first-order chi connectivity index (χ1) is 16.7. The summed E-state index contributed by atoms with van der Waals surface area (Å²) in [6.45, 7) is 4.72. The number of nitrogens with zero attached hydrogens (tertiary/aromatic N) is 4. The lowest BCUT2D eigenvalue weighted by Crippen LogP contribution is -2.47. The number of anilines is 1. The third-order valence-corrected chi connectivity index (χ3v) is 5.98. The fraction of sp³-hybridized carbons (Fsp3) is 0.417. The number of aromatic nitrogens is 3. The Morgan fingerprint density at radius 3 is 3.09 bits per heavy atom. The van der Waals surface area contributed by atoms with Crippen LogP contribution in [0, 0.1) is 0 Å². The standard InChI is InChI=1S/C24H28N6O4/c1-32-22-5-3-19-23(29-22)16(6-8-26-19)7-9-30-10-11-33-18(14-30)13-25-12-17-2-4-20-24(27-17)28-21(31)15-34-20/h2-6,8,18,25H,7,9-15H2,1H3,(H,27,28,31). The first-order valence-corrected chi connectivity index (χ1v) is 11.4. The molecule has 0 aliphatic carbocycles. The summed E-state index contributed by atoms with van der Waals surface area (Å²) in [7, 11) is 1.63. The number of pyridine rings is 3. The largest absolute Gasteiger partial charge is 0.481 e. The van der Waals surface area contributed by atoms with Crippen LogP contribution in [0.2, 0.25) is 0 Å². The molecule has 1 saturated heterocycles. The summed E-state index contributed by atoms with van der Waals surface area (Å²) in [5, 5.41) is 6.16. The number of ether oxygens (including phenoxy) is 3. The zero-order chi connectivity index (χ0) is 23.3. The fourth-order valence-corrected chi connectivity index (χ4v) is 4.23. The molecule has 178 valence electrons. The van der Waals surface area contributed by atoms with Crippen molar-refractivity contribution in [3.8, 4) is 11.6 Å². The van der Waals surface area contributed by atoms with Gasteiger partial charge in [-0.2, -0.15) is 0 Å². The summed E-state index contributed by atoms with van der Waals surface area (Å²) < 4.78 is 16.6. The summed E-state index contributed by atoms with van der Waals surface area (Å²) in [5.41, 5.74) is 3.78. The van der Waals surface area contributed by atoms with E-state index in [9.17, 15) is 4.79 Å². The highest BCUT2D eigenvalue weighted by molar-refractivity contribution is 5.94. The van der Waals surface area contributed by atoms with Crippen LogP contribution in [0.5, 0.6) is 11.6 Å². The van der Waals surface area contributed by atoms with Crippen molar-refractivity contribution >= 4 is 22.8 Å². The number of amides is 1. The lowest BCUT2D eigenvalue weighted by atomic mass is 10.1. The third kappa shape index (κ3) is 5.24. The van der Waals surface area contributed by atoms with Gasteiger partial charge in [0.2, 0.25) is 5.88 Å². The molecule has 3 aromatic heterocycles. The second-order valence-corrected chi connectivity index (χ2v) is 8.35. The van der Waals surface area contributed by atoms with Crippen molar-refractivity contribution in [3.05, 3.63) is 47.8 Å². The molecule has 10 heteroatoms. The minimum Gasteiger partial charge on any atom is -0.481 e. The summed E-state index contributed by atoms with van der Waals surface area (Å²) in [6.07, 6.45) is 2.82. The Labute approximate surface area is 197 Å². The molecule has 1 amide bonds. The van der Waals surface area contributed by atoms with Gasteiger partial charge in [-0.25, -0.2) is 9.97 Å². The van der Waals surface area contributed by atoms with Crippen molar-refractivity contribution in [2.24, 2.45) is 0 Å². The lowest BCUT2D eigenvalue weighted by molar-refractivity contribution is -0.118. The molecule has 2 N–H and O–H groups in total. The molecule has 34 heavy (non-hydrogen) atoms. The summed E-state index contributed by atoms with van der Waals surface area (Å²) in [5.74, 6) is 1.50. The number of carbonyl (C=O) groups is 1. The molecule has 0 saturated carbocycles. The lowest BCUT2D eigenvalue weighted by Gasteiger charge is -2.33. The average Bonchev–Trinajstić information content (AvgIpc) is 2.87. The molecule has 10 nitrogen and oxygen atoms in total. The maximum Gasteiger partial charge on any atom is 0.263 e. The molecule has 3 aromatic rings. The van der Waals surface area contributed by atoms with E-state index in [-0.39, 0.29) is 18.6 Å². The van der Waals surface area contributed by atoms with E-state index in [1.807, 2.05) is 36.5 Å². The van der Waals surface area contributed by atoms with Gasteiger partial charge < -0.3 is 24.8 Å². The predicted octanol–water partition coefficient (Wildman–Crippen LogP) is 1.40. The first-order valence-electron chi connectivity index (χ1n) is 11.4. The molecule has 2 aliphatic rings. The Bertz CT molecular complexity index is 1170. The topological polar surface area (TPSA) is 111 Å². The Kier molecular flexibility index (Phi) is 6.79. The van der Waals surface area contributed by atoms with Gasteiger partial charge in [-0.1, -0.05) is 0 Å². The molecule has 0 bridgehead atoms. The minimum atomic E-state index is -0.185. The third-order valence-electron chi connectivity index (χ3n) is 5.98. The van der Waals surface area contributed by atoms with Crippen LogP contribution in [0.15, 0.2) is 36.5 Å². The quantitative estimate of drug-likeness (QED) is 0.511. The van der Waals surface area contributed by atoms with Gasteiger partial charge in [0, 0.05) is 45.0 Å². The smallest absolute Gasteiger partial charge is 0.263 e. The molecule has 0 radical (unpaired) electrons. The SMILES string of the molecule is COc1ccc2nccc(CCN3CCOC(CNCc4ccc5c(n4)NC(=O)CO5)C3)c2n1. The number of nitrogens with one attached hydrogen (secondary N) is 2. The van der Waals surface area contributed by atoms with E-state index in [1.165, 1.54) is 5.56 Å². The normalized spacial score (nSPS) is 18.3. The molecular weight excluding hydrogens is 436 g/mol. The van der Waals surface area contributed by atoms with Crippen molar-refractivity contribution in [1.29, 1.82) is 0 Å². The predicted molar refractivity (Wildman–Crippen MR) is 126 cm³/mol. The number of carbonyl (C=O) groups excluding carboxylic acids is 1. The van der Waals surface area contributed by atoms with Gasteiger partial charge in [0.25, 0.3) is 5.91 Å². The van der Waals surface area contributed by atoms with Crippen LogP contribution in [-0.2, 0) is 22.5 Å². The molecule has 1 fully saturated rings. The highest BCUT2D eigenvalue weighted by atomic mass is 16.5. The van der Waals surface area contributed by atoms with Crippen molar-refractivity contribution in [2.75, 3.05) is 51.8 Å². The Balaban J connectivity index is 1.12. The van der Waals surface area contributed by atoms with Crippen LogP contribution in [0.25, 0.3) is 11.0 Å². The minimum absolute atomic E-state index is 0.0316. The van der Waals surface area contributed by atoms with Gasteiger partial charge in [0.15, 0.2) is 18.2 Å². The van der Waals surface area contributed by atoms with E-state index in [0.717, 1.165) is 49.3 Å². The molecule has 1 unspecified atom stereocenters. The molecule has 0 aromatic carbocycles. The maximum absolute atomic E-state index is 11.5. The Morgan fingerprint density at radius 1 is 1.24 bits per heavy atom. The molecule has 1 atom stereocenters. The summed E-state index contributed by atoms with van der Waals surface area (Å²) >= 11 is 0. The monoisotopic (exact) mass is 464 g/mol. The van der Waals surface area contributed by atoms with Crippen LogP contribution in [0.1, 0.15) is 11.3 Å². The van der Waals surface area contributed by atoms with E-state index in [2.05, 4.69) is 30.5 Å². The molecule has 5 rings (SSSR count). The number of hydrogen-bond donors (Lipinski definition) is 2. The van der Waals surface area contributed by atoms with Crippen molar-refractivity contribution in [2.45, 2.75) is 19.1 Å². The van der Waals surface area contributed by atoms with Gasteiger partial charge >= 0.3 is 0 Å². The number of methoxy groups -OCH3 is 1. The van der Waals surface area contributed by atoms with Crippen LogP contribution >= 0.6 is 0 Å². The van der Waals surface area contributed by atoms with E-state index in [1.54, 1.807) is 7.11 Å². The Morgan fingerprint density at radius 2 is 2.18 bits per heavy atom. The van der Waals surface area contributed by atoms with Crippen molar-refractivity contribution in [3.63, 3.8) is 0 Å². The van der Waals surface area contributed by atoms with Crippen LogP contribution in [0.4, 0.5) is 5.82 Å². The molecule has 0 spiro atoms. The number of rotatable bonds is 8. The van der Waals surface area contributed by atoms with Gasteiger partial charge in [0.05, 0.1) is 36.5 Å². The number of hydrogen-bond acceptors (Lipinski definition) is 9. The first kappa shape index (κ1) is 22.5. The highest BCUT2D eigenvalue weighted by Gasteiger charge is 2.21. The van der Waals surface area contributed by atoms with Gasteiger partial charge in [-0.3, -0.25) is 14.7 Å².